The van der Waals surface area contributed by atoms with Crippen molar-refractivity contribution in [1.29, 1.82) is 0 Å². The van der Waals surface area contributed by atoms with Gasteiger partial charge >= 0.3 is 5.97 Å². The fourth-order valence-electron chi connectivity index (χ4n) is 1.67. The first-order valence-electron chi connectivity index (χ1n) is 6.01. The third-order valence-corrected chi connectivity index (χ3v) is 4.60. The molecule has 9 heteroatoms. The highest BCUT2D eigenvalue weighted by atomic mass is 32.2. The Labute approximate surface area is 122 Å². The predicted octanol–water partition coefficient (Wildman–Crippen LogP) is -0.846. The number of sulfonamides is 1. The fourth-order valence-corrected chi connectivity index (χ4v) is 3.12. The highest BCUT2D eigenvalue weighted by Crippen LogP contribution is 2.24. The van der Waals surface area contributed by atoms with Gasteiger partial charge in [-0.2, -0.15) is 4.31 Å². The van der Waals surface area contributed by atoms with Crippen LogP contribution in [0.25, 0.3) is 0 Å². The van der Waals surface area contributed by atoms with Crippen molar-refractivity contribution in [2.24, 2.45) is 0 Å². The van der Waals surface area contributed by atoms with Crippen molar-refractivity contribution in [2.45, 2.75) is 4.90 Å². The molecule has 0 amide bonds. The Morgan fingerprint density at radius 3 is 2.29 bits per heavy atom. The third kappa shape index (κ3) is 3.91. The topological polar surface area (TPSA) is 124 Å². The lowest BCUT2D eigenvalue weighted by Gasteiger charge is -2.20. The molecule has 0 unspecified atom stereocenters. The summed E-state index contributed by atoms with van der Waals surface area (Å²) in [6.45, 7) is -1.23. The molecule has 0 aliphatic heterocycles. The van der Waals surface area contributed by atoms with Crippen molar-refractivity contribution >= 4 is 16.0 Å². The maximum atomic E-state index is 12.4. The van der Waals surface area contributed by atoms with Crippen LogP contribution in [0.3, 0.4) is 0 Å². The van der Waals surface area contributed by atoms with Crippen LogP contribution in [0.4, 0.5) is 0 Å². The van der Waals surface area contributed by atoms with Gasteiger partial charge in [-0.3, -0.25) is 0 Å². The predicted molar refractivity (Wildman–Crippen MR) is 72.4 cm³/mol. The number of aliphatic hydroxyl groups excluding tert-OH is 2. The molecule has 1 aromatic rings. The number of methoxy groups -OCH3 is 1. The van der Waals surface area contributed by atoms with Gasteiger partial charge in [0.2, 0.25) is 10.0 Å². The van der Waals surface area contributed by atoms with E-state index >= 15 is 0 Å². The summed E-state index contributed by atoms with van der Waals surface area (Å²) >= 11 is 0. The Hall–Kier alpha value is -1.68. The zero-order chi connectivity index (χ0) is 16.0. The molecular formula is C12H17NO7S. The summed E-state index contributed by atoms with van der Waals surface area (Å²) in [6, 6.07) is 3.17. The number of aliphatic hydroxyl groups is 2. The number of benzene rings is 1. The molecule has 0 saturated heterocycles. The molecule has 3 N–H and O–H groups in total. The molecule has 0 aliphatic rings. The van der Waals surface area contributed by atoms with Crippen molar-refractivity contribution < 1.29 is 33.3 Å². The SMILES string of the molecule is COC(=O)c1cc(S(=O)(=O)N(CCO)CCO)ccc1O. The van der Waals surface area contributed by atoms with Gasteiger partial charge in [-0.05, 0) is 18.2 Å². The monoisotopic (exact) mass is 319 g/mol. The van der Waals surface area contributed by atoms with Gasteiger partial charge in [0.05, 0.1) is 25.2 Å². The van der Waals surface area contributed by atoms with Crippen molar-refractivity contribution in [1.82, 2.24) is 4.31 Å². The first-order valence-corrected chi connectivity index (χ1v) is 7.45. The van der Waals surface area contributed by atoms with Crippen LogP contribution >= 0.6 is 0 Å². The zero-order valence-electron chi connectivity index (χ0n) is 11.4. The molecule has 8 nitrogen and oxygen atoms in total. The zero-order valence-corrected chi connectivity index (χ0v) is 12.2. The Bertz CT molecular complexity index is 594. The van der Waals surface area contributed by atoms with Gasteiger partial charge in [0.15, 0.2) is 0 Å². The highest BCUT2D eigenvalue weighted by molar-refractivity contribution is 7.89. The standard InChI is InChI=1S/C12H17NO7S/c1-20-12(17)10-8-9(2-3-11(10)16)21(18,19)13(4-6-14)5-7-15/h2-3,8,14-16H,4-7H2,1H3. The number of hydrogen-bond acceptors (Lipinski definition) is 7. The number of rotatable bonds is 7. The van der Waals surface area contributed by atoms with E-state index in [2.05, 4.69) is 4.74 Å². The molecule has 0 fully saturated rings. The normalized spacial score (nSPS) is 11.6. The van der Waals surface area contributed by atoms with Crippen LogP contribution in [0, 0.1) is 0 Å². The first-order chi connectivity index (χ1) is 9.88. The van der Waals surface area contributed by atoms with Crippen LogP contribution in [-0.4, -0.2) is 67.4 Å². The molecule has 1 rings (SSSR count). The van der Waals surface area contributed by atoms with Gasteiger partial charge in [0.25, 0.3) is 0 Å². The van der Waals surface area contributed by atoms with Gasteiger partial charge in [0.1, 0.15) is 11.3 Å². The van der Waals surface area contributed by atoms with E-state index in [4.69, 9.17) is 10.2 Å². The summed E-state index contributed by atoms with van der Waals surface area (Å²) in [4.78, 5) is 11.2. The van der Waals surface area contributed by atoms with Gasteiger partial charge in [0, 0.05) is 13.1 Å². The molecule has 0 bridgehead atoms. The fraction of sp³-hybridized carbons (Fsp3) is 0.417. The molecule has 0 aliphatic carbocycles. The second kappa shape index (κ2) is 7.36. The number of aromatic hydroxyl groups is 1. The molecule has 21 heavy (non-hydrogen) atoms. The maximum Gasteiger partial charge on any atom is 0.341 e. The summed E-state index contributed by atoms with van der Waals surface area (Å²) in [7, 11) is -2.91. The van der Waals surface area contributed by atoms with Crippen LogP contribution in [-0.2, 0) is 14.8 Å². The summed E-state index contributed by atoms with van der Waals surface area (Å²) in [5, 5.41) is 27.4. The Kier molecular flexibility index (Phi) is 6.09. The third-order valence-electron chi connectivity index (χ3n) is 2.71. The molecule has 0 heterocycles. The van der Waals surface area contributed by atoms with Crippen molar-refractivity contribution in [3.63, 3.8) is 0 Å². The lowest BCUT2D eigenvalue weighted by molar-refractivity contribution is 0.0597. The Morgan fingerprint density at radius 1 is 1.24 bits per heavy atom. The number of esters is 1. The molecule has 0 radical (unpaired) electrons. The summed E-state index contributed by atoms with van der Waals surface area (Å²) in [6.07, 6.45) is 0. The van der Waals surface area contributed by atoms with Crippen molar-refractivity contribution in [2.75, 3.05) is 33.4 Å². The van der Waals surface area contributed by atoms with Crippen LogP contribution in [0.1, 0.15) is 10.4 Å². The number of nitrogens with zero attached hydrogens (tertiary/aromatic N) is 1. The number of hydrogen-bond donors (Lipinski definition) is 3. The molecule has 0 saturated carbocycles. The quantitative estimate of drug-likeness (QED) is 0.559. The smallest absolute Gasteiger partial charge is 0.341 e. The van der Waals surface area contributed by atoms with Crippen LogP contribution in [0.2, 0.25) is 0 Å². The van der Waals surface area contributed by atoms with E-state index in [0.717, 1.165) is 29.6 Å². The van der Waals surface area contributed by atoms with Crippen LogP contribution < -0.4 is 0 Å². The molecule has 0 aromatic heterocycles. The average Bonchev–Trinajstić information content (AvgIpc) is 2.46. The number of carbonyl (C=O) groups excluding carboxylic acids is 1. The minimum atomic E-state index is -4.01. The van der Waals surface area contributed by atoms with E-state index in [1.807, 2.05) is 0 Å². The Morgan fingerprint density at radius 2 is 1.81 bits per heavy atom. The van der Waals surface area contributed by atoms with E-state index in [1.54, 1.807) is 0 Å². The lowest BCUT2D eigenvalue weighted by atomic mass is 10.2. The second-order valence-electron chi connectivity index (χ2n) is 4.02. The highest BCUT2D eigenvalue weighted by Gasteiger charge is 2.25. The lowest BCUT2D eigenvalue weighted by Crippen LogP contribution is -2.35. The number of ether oxygens (including phenoxy) is 1. The van der Waals surface area contributed by atoms with E-state index in [0.29, 0.717) is 0 Å². The molecule has 0 spiro atoms. The number of carbonyl (C=O) groups is 1. The summed E-state index contributed by atoms with van der Waals surface area (Å²) in [5.41, 5.74) is -0.286. The summed E-state index contributed by atoms with van der Waals surface area (Å²) in [5.74, 6) is -1.28. The van der Waals surface area contributed by atoms with Crippen molar-refractivity contribution in [3.8, 4) is 5.75 Å². The number of phenols is 1. The number of phenolic OH excluding ortho intramolecular Hbond substituents is 1. The molecule has 0 atom stereocenters. The molecular weight excluding hydrogens is 302 g/mol. The maximum absolute atomic E-state index is 12.4. The van der Waals surface area contributed by atoms with Gasteiger partial charge in [-0.15, -0.1) is 0 Å². The molecule has 118 valence electrons. The van der Waals surface area contributed by atoms with Crippen LogP contribution in [0.15, 0.2) is 23.1 Å². The minimum absolute atomic E-state index is 0.197. The van der Waals surface area contributed by atoms with Gasteiger partial charge < -0.3 is 20.1 Å². The minimum Gasteiger partial charge on any atom is -0.507 e. The Balaban J connectivity index is 3.27. The first kappa shape index (κ1) is 17.4. The largest absolute Gasteiger partial charge is 0.507 e. The molecule has 1 aromatic carbocycles. The second-order valence-corrected chi connectivity index (χ2v) is 5.96. The summed E-state index contributed by atoms with van der Waals surface area (Å²) < 4.78 is 30.0. The van der Waals surface area contributed by atoms with E-state index < -0.39 is 35.0 Å². The van der Waals surface area contributed by atoms with E-state index in [9.17, 15) is 18.3 Å². The van der Waals surface area contributed by atoms with E-state index in [-0.39, 0.29) is 23.5 Å². The average molecular weight is 319 g/mol. The van der Waals surface area contributed by atoms with Gasteiger partial charge in [-0.25, -0.2) is 13.2 Å². The van der Waals surface area contributed by atoms with Crippen LogP contribution in [0.5, 0.6) is 5.75 Å². The van der Waals surface area contributed by atoms with Crippen molar-refractivity contribution in [3.05, 3.63) is 23.8 Å². The van der Waals surface area contributed by atoms with Gasteiger partial charge in [-0.1, -0.05) is 0 Å². The van der Waals surface area contributed by atoms with E-state index in [1.165, 1.54) is 0 Å².